The van der Waals surface area contributed by atoms with Crippen molar-refractivity contribution >= 4 is 29.6 Å². The zero-order valence-corrected chi connectivity index (χ0v) is 15.4. The van der Waals surface area contributed by atoms with E-state index in [1.807, 2.05) is 34.5 Å². The van der Waals surface area contributed by atoms with Crippen molar-refractivity contribution in [3.8, 4) is 0 Å². The molecule has 3 rings (SSSR count). The second-order valence-electron chi connectivity index (χ2n) is 6.16. The topological polar surface area (TPSA) is 69.7 Å². The first kappa shape index (κ1) is 18.1. The Labute approximate surface area is 156 Å². The Bertz CT molecular complexity index is 791. The first-order valence-electron chi connectivity index (χ1n) is 8.45. The summed E-state index contributed by atoms with van der Waals surface area (Å²) in [5.74, 6) is -0.139. The van der Waals surface area contributed by atoms with Gasteiger partial charge in [-0.05, 0) is 29.1 Å². The van der Waals surface area contributed by atoms with Gasteiger partial charge in [0.1, 0.15) is 0 Å². The lowest BCUT2D eigenvalue weighted by atomic mass is 9.99. The van der Waals surface area contributed by atoms with Crippen molar-refractivity contribution in [1.82, 2.24) is 15.1 Å². The monoisotopic (exact) mass is 371 g/mol. The maximum Gasteiger partial charge on any atom is 0.251 e. The van der Waals surface area contributed by atoms with Crippen LogP contribution in [0.3, 0.4) is 0 Å². The molecule has 1 fully saturated rings. The molecule has 1 aromatic carbocycles. The van der Waals surface area contributed by atoms with Crippen LogP contribution in [-0.2, 0) is 16.0 Å². The Balaban J connectivity index is 1.87. The zero-order chi connectivity index (χ0) is 18.5. The summed E-state index contributed by atoms with van der Waals surface area (Å²) in [6.45, 7) is 1.43. The molecular formula is C19H21N3O3S. The number of carbonyl (C=O) groups excluding carboxylic acids is 3. The van der Waals surface area contributed by atoms with Gasteiger partial charge in [0.2, 0.25) is 12.3 Å². The molecule has 2 heterocycles. The Kier molecular flexibility index (Phi) is 5.68. The molecule has 1 N–H and O–H groups in total. The van der Waals surface area contributed by atoms with Crippen LogP contribution >= 0.6 is 11.3 Å². The normalized spacial score (nSPS) is 17.0. The molecule has 1 unspecified atom stereocenters. The Morgan fingerprint density at radius 1 is 1.27 bits per heavy atom. The van der Waals surface area contributed by atoms with E-state index in [9.17, 15) is 14.4 Å². The predicted octanol–water partition coefficient (Wildman–Crippen LogP) is 1.69. The van der Waals surface area contributed by atoms with Gasteiger partial charge in [0.15, 0.2) is 0 Å². The first-order valence-corrected chi connectivity index (χ1v) is 9.33. The van der Waals surface area contributed by atoms with E-state index in [0.717, 1.165) is 16.9 Å². The molecule has 0 saturated carbocycles. The Morgan fingerprint density at radius 3 is 2.81 bits per heavy atom. The van der Waals surface area contributed by atoms with Crippen LogP contribution in [0.25, 0.3) is 0 Å². The van der Waals surface area contributed by atoms with E-state index in [1.165, 1.54) is 0 Å². The predicted molar refractivity (Wildman–Crippen MR) is 99.9 cm³/mol. The summed E-state index contributed by atoms with van der Waals surface area (Å²) >= 11 is 1.56. The average Bonchev–Trinajstić information content (AvgIpc) is 3.19. The number of piperazine rings is 1. The van der Waals surface area contributed by atoms with E-state index in [1.54, 1.807) is 35.4 Å². The fourth-order valence-corrected chi connectivity index (χ4v) is 3.87. The van der Waals surface area contributed by atoms with Gasteiger partial charge in [-0.2, -0.15) is 0 Å². The summed E-state index contributed by atoms with van der Waals surface area (Å²) in [4.78, 5) is 40.6. The molecule has 0 spiro atoms. The van der Waals surface area contributed by atoms with Crippen molar-refractivity contribution in [3.05, 3.63) is 57.8 Å². The van der Waals surface area contributed by atoms with E-state index in [0.29, 0.717) is 31.6 Å². The summed E-state index contributed by atoms with van der Waals surface area (Å²) in [6, 6.07) is 10.9. The molecule has 1 aliphatic rings. The molecule has 1 aromatic heterocycles. The third-order valence-electron chi connectivity index (χ3n) is 4.55. The van der Waals surface area contributed by atoms with Crippen LogP contribution in [0.1, 0.15) is 26.8 Å². The second kappa shape index (κ2) is 8.14. The van der Waals surface area contributed by atoms with E-state index < -0.39 is 0 Å². The van der Waals surface area contributed by atoms with Gasteiger partial charge in [-0.1, -0.05) is 18.2 Å². The van der Waals surface area contributed by atoms with Crippen molar-refractivity contribution in [1.29, 1.82) is 0 Å². The molecule has 0 aliphatic carbocycles. The smallest absolute Gasteiger partial charge is 0.251 e. The lowest BCUT2D eigenvalue weighted by Gasteiger charge is -2.40. The van der Waals surface area contributed by atoms with Crippen LogP contribution in [0, 0.1) is 0 Å². The minimum absolute atomic E-state index is 0.0355. The molecule has 1 aliphatic heterocycles. The van der Waals surface area contributed by atoms with Gasteiger partial charge in [0.25, 0.3) is 5.91 Å². The molecule has 0 bridgehead atoms. The van der Waals surface area contributed by atoms with Crippen molar-refractivity contribution < 1.29 is 14.4 Å². The summed E-state index contributed by atoms with van der Waals surface area (Å²) < 4.78 is 0. The number of thiophene rings is 1. The quantitative estimate of drug-likeness (QED) is 0.813. The van der Waals surface area contributed by atoms with Crippen molar-refractivity contribution in [2.45, 2.75) is 12.5 Å². The number of amides is 3. The number of hydrogen-bond acceptors (Lipinski definition) is 4. The highest BCUT2D eigenvalue weighted by molar-refractivity contribution is 7.10. The summed E-state index contributed by atoms with van der Waals surface area (Å²) in [5, 5.41) is 4.57. The SMILES string of the molecule is CNC(=O)c1cccc(C2CN(C=O)CCN2C(=O)Cc2cccs2)c1. The lowest BCUT2D eigenvalue weighted by Crippen LogP contribution is -2.50. The van der Waals surface area contributed by atoms with Gasteiger partial charge in [-0.15, -0.1) is 11.3 Å². The van der Waals surface area contributed by atoms with Crippen LogP contribution in [-0.4, -0.2) is 54.7 Å². The van der Waals surface area contributed by atoms with E-state index in [-0.39, 0.29) is 17.9 Å². The lowest BCUT2D eigenvalue weighted by molar-refractivity contribution is -0.138. The number of hydrogen-bond donors (Lipinski definition) is 1. The molecule has 2 aromatic rings. The van der Waals surface area contributed by atoms with E-state index in [4.69, 9.17) is 0 Å². The number of nitrogens with zero attached hydrogens (tertiary/aromatic N) is 2. The van der Waals surface area contributed by atoms with Gasteiger partial charge in [0.05, 0.1) is 12.5 Å². The van der Waals surface area contributed by atoms with E-state index >= 15 is 0 Å². The van der Waals surface area contributed by atoms with Gasteiger partial charge < -0.3 is 15.1 Å². The molecule has 7 heteroatoms. The number of nitrogens with one attached hydrogen (secondary N) is 1. The van der Waals surface area contributed by atoms with Gasteiger partial charge >= 0.3 is 0 Å². The van der Waals surface area contributed by atoms with E-state index in [2.05, 4.69) is 5.32 Å². The molecule has 0 radical (unpaired) electrons. The minimum atomic E-state index is -0.258. The van der Waals surface area contributed by atoms with Crippen LogP contribution in [0.5, 0.6) is 0 Å². The molecule has 6 nitrogen and oxygen atoms in total. The maximum absolute atomic E-state index is 12.9. The summed E-state index contributed by atoms with van der Waals surface area (Å²) in [5.41, 5.74) is 1.40. The minimum Gasteiger partial charge on any atom is -0.355 e. The Morgan fingerprint density at radius 2 is 2.12 bits per heavy atom. The number of benzene rings is 1. The van der Waals surface area contributed by atoms with Crippen molar-refractivity contribution in [2.24, 2.45) is 0 Å². The molecule has 1 saturated heterocycles. The summed E-state index contributed by atoms with van der Waals surface area (Å²) in [6.07, 6.45) is 1.17. The van der Waals surface area contributed by atoms with Crippen molar-refractivity contribution in [2.75, 3.05) is 26.7 Å². The Hall–Kier alpha value is -2.67. The van der Waals surface area contributed by atoms with Crippen LogP contribution in [0.4, 0.5) is 0 Å². The van der Waals surface area contributed by atoms with Crippen LogP contribution in [0.2, 0.25) is 0 Å². The second-order valence-corrected chi connectivity index (χ2v) is 7.20. The molecule has 26 heavy (non-hydrogen) atoms. The highest BCUT2D eigenvalue weighted by Crippen LogP contribution is 2.27. The van der Waals surface area contributed by atoms with Gasteiger partial charge in [-0.25, -0.2) is 0 Å². The van der Waals surface area contributed by atoms with Crippen molar-refractivity contribution in [3.63, 3.8) is 0 Å². The maximum atomic E-state index is 12.9. The fraction of sp³-hybridized carbons (Fsp3) is 0.316. The molecule has 3 amide bonds. The standard InChI is InChI=1S/C19H21N3O3S/c1-20-19(25)15-5-2-4-14(10-15)17-12-21(13-23)7-8-22(17)18(24)11-16-6-3-9-26-16/h2-6,9-10,13,17H,7-8,11-12H2,1H3,(H,20,25). The zero-order valence-electron chi connectivity index (χ0n) is 14.6. The third kappa shape index (κ3) is 3.94. The van der Waals surface area contributed by atoms with Gasteiger partial charge in [-0.3, -0.25) is 14.4 Å². The highest BCUT2D eigenvalue weighted by Gasteiger charge is 2.31. The average molecular weight is 371 g/mol. The van der Waals surface area contributed by atoms with Crippen LogP contribution in [0.15, 0.2) is 41.8 Å². The molecule has 136 valence electrons. The highest BCUT2D eigenvalue weighted by atomic mass is 32.1. The molecular weight excluding hydrogens is 350 g/mol. The number of rotatable bonds is 5. The summed E-state index contributed by atoms with van der Waals surface area (Å²) in [7, 11) is 1.58. The number of carbonyl (C=O) groups is 3. The van der Waals surface area contributed by atoms with Crippen LogP contribution < -0.4 is 5.32 Å². The largest absolute Gasteiger partial charge is 0.355 e. The third-order valence-corrected chi connectivity index (χ3v) is 5.42. The molecule has 1 atom stereocenters. The fourth-order valence-electron chi connectivity index (χ4n) is 3.18. The van der Waals surface area contributed by atoms with Gasteiger partial charge in [0, 0.05) is 37.1 Å². The first-order chi connectivity index (χ1) is 12.6.